The summed E-state index contributed by atoms with van der Waals surface area (Å²) in [5.74, 6) is 0.720. The molecule has 19 heavy (non-hydrogen) atoms. The number of aliphatic hydroxyl groups is 2. The van der Waals surface area contributed by atoms with Crippen LogP contribution in [0.4, 0.5) is 0 Å². The maximum Gasteiger partial charge on any atom is 0.0512 e. The Hall–Kier alpha value is -0.0800. The minimum atomic E-state index is -0.129. The van der Waals surface area contributed by atoms with Gasteiger partial charge in [-0.15, -0.1) is 0 Å². The van der Waals surface area contributed by atoms with Crippen molar-refractivity contribution in [1.29, 1.82) is 0 Å². The van der Waals surface area contributed by atoms with Crippen LogP contribution in [0.2, 0.25) is 0 Å². The Morgan fingerprint density at radius 1 is 0.842 bits per heavy atom. The molecule has 0 saturated heterocycles. The average molecular weight is 272 g/mol. The zero-order valence-electron chi connectivity index (χ0n) is 13.6. The molecule has 2 heteroatoms. The molecule has 0 amide bonds. The van der Waals surface area contributed by atoms with Crippen LogP contribution in [0.1, 0.15) is 85.5 Å². The van der Waals surface area contributed by atoms with Crippen LogP contribution in [0.15, 0.2) is 0 Å². The summed E-state index contributed by atoms with van der Waals surface area (Å²) in [5.41, 5.74) is 0.0837. The highest BCUT2D eigenvalue weighted by molar-refractivity contribution is 4.70. The van der Waals surface area contributed by atoms with Gasteiger partial charge in [0.15, 0.2) is 0 Å². The Kier molecular flexibility index (Phi) is 10.6. The summed E-state index contributed by atoms with van der Waals surface area (Å²) in [6.07, 6.45) is 11.0. The number of aliphatic hydroxyl groups excluding tert-OH is 2. The van der Waals surface area contributed by atoms with Crippen molar-refractivity contribution >= 4 is 0 Å². The first-order valence-electron chi connectivity index (χ1n) is 8.16. The summed E-state index contributed by atoms with van der Waals surface area (Å²) in [4.78, 5) is 0. The molecule has 0 heterocycles. The highest BCUT2D eigenvalue weighted by Gasteiger charge is 2.19. The Labute approximate surface area is 120 Å². The van der Waals surface area contributed by atoms with E-state index in [1.165, 1.54) is 44.9 Å². The van der Waals surface area contributed by atoms with E-state index < -0.39 is 0 Å². The number of unbranched alkanes of at least 4 members (excludes halogenated alkanes) is 5. The molecule has 0 saturated carbocycles. The lowest BCUT2D eigenvalue weighted by atomic mass is 9.82. The minimum Gasteiger partial charge on any atom is -0.396 e. The van der Waals surface area contributed by atoms with Gasteiger partial charge >= 0.3 is 0 Å². The second-order valence-corrected chi connectivity index (χ2v) is 7.18. The van der Waals surface area contributed by atoms with Gasteiger partial charge in [0.1, 0.15) is 0 Å². The van der Waals surface area contributed by atoms with Gasteiger partial charge in [-0.2, -0.15) is 0 Å². The van der Waals surface area contributed by atoms with Crippen molar-refractivity contribution in [3.8, 4) is 0 Å². The normalized spacial score (nSPS) is 15.5. The maximum absolute atomic E-state index is 9.26. The van der Waals surface area contributed by atoms with Crippen LogP contribution in [-0.4, -0.2) is 22.9 Å². The van der Waals surface area contributed by atoms with E-state index in [0.29, 0.717) is 6.61 Å². The molecule has 116 valence electrons. The van der Waals surface area contributed by atoms with Crippen molar-refractivity contribution in [3.05, 3.63) is 0 Å². The molecule has 2 atom stereocenters. The third-order valence-corrected chi connectivity index (χ3v) is 3.90. The Bertz CT molecular complexity index is 199. The lowest BCUT2D eigenvalue weighted by Gasteiger charge is -2.25. The van der Waals surface area contributed by atoms with E-state index in [-0.39, 0.29) is 11.5 Å². The van der Waals surface area contributed by atoms with E-state index in [1.807, 2.05) is 6.92 Å². The minimum absolute atomic E-state index is 0.0837. The molecule has 0 aromatic heterocycles. The molecule has 0 fully saturated rings. The second kappa shape index (κ2) is 10.7. The molecule has 2 N–H and O–H groups in total. The van der Waals surface area contributed by atoms with E-state index in [9.17, 15) is 5.11 Å². The van der Waals surface area contributed by atoms with Gasteiger partial charge in [-0.3, -0.25) is 0 Å². The van der Waals surface area contributed by atoms with Crippen molar-refractivity contribution in [2.75, 3.05) is 6.61 Å². The van der Waals surface area contributed by atoms with Crippen LogP contribution in [0, 0.1) is 11.3 Å². The summed E-state index contributed by atoms with van der Waals surface area (Å²) in [7, 11) is 0. The summed E-state index contributed by atoms with van der Waals surface area (Å²) in [5, 5.41) is 18.4. The van der Waals surface area contributed by atoms with Crippen LogP contribution in [0.25, 0.3) is 0 Å². The highest BCUT2D eigenvalue weighted by Crippen LogP contribution is 2.27. The molecule has 0 radical (unpaired) electrons. The Morgan fingerprint density at radius 3 is 1.79 bits per heavy atom. The molecule has 2 unspecified atom stereocenters. The second-order valence-electron chi connectivity index (χ2n) is 7.18. The zero-order chi connectivity index (χ0) is 14.7. The van der Waals surface area contributed by atoms with E-state index in [2.05, 4.69) is 20.8 Å². The van der Waals surface area contributed by atoms with Gasteiger partial charge in [-0.05, 0) is 31.1 Å². The van der Waals surface area contributed by atoms with Gasteiger partial charge in [-0.1, -0.05) is 65.7 Å². The van der Waals surface area contributed by atoms with E-state index in [1.54, 1.807) is 0 Å². The summed E-state index contributed by atoms with van der Waals surface area (Å²) >= 11 is 0. The monoisotopic (exact) mass is 272 g/mol. The summed E-state index contributed by atoms with van der Waals surface area (Å²) in [6, 6.07) is 0. The third-order valence-electron chi connectivity index (χ3n) is 3.90. The zero-order valence-corrected chi connectivity index (χ0v) is 13.6. The molecule has 0 aliphatic carbocycles. The highest BCUT2D eigenvalue weighted by atomic mass is 16.3. The van der Waals surface area contributed by atoms with Gasteiger partial charge in [0, 0.05) is 6.61 Å². The van der Waals surface area contributed by atoms with E-state index >= 15 is 0 Å². The van der Waals surface area contributed by atoms with Gasteiger partial charge in [0.2, 0.25) is 0 Å². The largest absolute Gasteiger partial charge is 0.396 e. The molecule has 0 aliphatic heterocycles. The molecule has 0 spiro atoms. The van der Waals surface area contributed by atoms with Crippen molar-refractivity contribution in [2.45, 2.75) is 91.6 Å². The fourth-order valence-electron chi connectivity index (χ4n) is 2.75. The average Bonchev–Trinajstić information content (AvgIpc) is 2.31. The predicted molar refractivity (Wildman–Crippen MR) is 83.3 cm³/mol. The van der Waals surface area contributed by atoms with E-state index in [4.69, 9.17) is 5.11 Å². The molecule has 0 aliphatic rings. The molecular formula is C17H36O2. The molecular weight excluding hydrogens is 236 g/mol. The van der Waals surface area contributed by atoms with Crippen molar-refractivity contribution in [2.24, 2.45) is 11.3 Å². The van der Waals surface area contributed by atoms with Crippen LogP contribution < -0.4 is 0 Å². The van der Waals surface area contributed by atoms with Crippen LogP contribution in [0.5, 0.6) is 0 Å². The molecule has 0 bridgehead atoms. The van der Waals surface area contributed by atoms with Gasteiger partial charge in [-0.25, -0.2) is 0 Å². The first-order chi connectivity index (χ1) is 8.87. The number of hydrogen-bond donors (Lipinski definition) is 2. The predicted octanol–water partition coefficient (Wildman–Crippen LogP) is 4.53. The third kappa shape index (κ3) is 12.7. The molecule has 0 aromatic carbocycles. The Morgan fingerprint density at radius 2 is 1.32 bits per heavy atom. The van der Waals surface area contributed by atoms with Crippen LogP contribution in [-0.2, 0) is 0 Å². The topological polar surface area (TPSA) is 40.5 Å². The summed E-state index contributed by atoms with van der Waals surface area (Å²) < 4.78 is 0. The number of hydrogen-bond acceptors (Lipinski definition) is 2. The lowest BCUT2D eigenvalue weighted by Crippen LogP contribution is -2.20. The van der Waals surface area contributed by atoms with Crippen molar-refractivity contribution < 1.29 is 10.2 Å². The first kappa shape index (κ1) is 18.9. The summed E-state index contributed by atoms with van der Waals surface area (Å²) in [6.45, 7) is 8.76. The maximum atomic E-state index is 9.26. The van der Waals surface area contributed by atoms with Crippen LogP contribution in [0.3, 0.4) is 0 Å². The van der Waals surface area contributed by atoms with Gasteiger partial charge in [0.05, 0.1) is 6.10 Å². The Balaban J connectivity index is 3.34. The van der Waals surface area contributed by atoms with E-state index in [0.717, 1.165) is 18.8 Å². The molecule has 0 aromatic rings. The SMILES string of the molecule is CC(O)CCCCCCCCC(C)CC(C)(C)CO. The van der Waals surface area contributed by atoms with Crippen LogP contribution >= 0.6 is 0 Å². The smallest absolute Gasteiger partial charge is 0.0512 e. The van der Waals surface area contributed by atoms with Gasteiger partial charge < -0.3 is 10.2 Å². The van der Waals surface area contributed by atoms with Gasteiger partial charge in [0.25, 0.3) is 0 Å². The number of rotatable bonds is 12. The quantitative estimate of drug-likeness (QED) is 0.512. The molecule has 0 rings (SSSR count). The first-order valence-corrected chi connectivity index (χ1v) is 8.16. The molecule has 2 nitrogen and oxygen atoms in total. The standard InChI is InChI=1S/C17H36O2/c1-15(13-17(3,4)14-18)11-9-7-5-6-8-10-12-16(2)19/h15-16,18-19H,5-14H2,1-4H3. The fraction of sp³-hybridized carbons (Fsp3) is 1.00. The lowest BCUT2D eigenvalue weighted by molar-refractivity contribution is 0.130. The van der Waals surface area contributed by atoms with Crippen molar-refractivity contribution in [1.82, 2.24) is 0 Å². The fourth-order valence-corrected chi connectivity index (χ4v) is 2.75. The van der Waals surface area contributed by atoms with Crippen molar-refractivity contribution in [3.63, 3.8) is 0 Å².